The van der Waals surface area contributed by atoms with Crippen LogP contribution in [0.3, 0.4) is 0 Å². The van der Waals surface area contributed by atoms with Crippen LogP contribution in [0.5, 0.6) is 0 Å². The van der Waals surface area contributed by atoms with Crippen molar-refractivity contribution in [1.29, 1.82) is 0 Å². The van der Waals surface area contributed by atoms with E-state index in [1.165, 1.54) is 33.6 Å². The van der Waals surface area contributed by atoms with Gasteiger partial charge in [0.15, 0.2) is 0 Å². The SMILES string of the molecule is C=CCN(CC=C)c1ccc2c(c1)Cc1cc(N(CC=C)CC=C)ccc1-2. The number of benzene rings is 2. The predicted molar refractivity (Wildman–Crippen MR) is 120 cm³/mol. The summed E-state index contributed by atoms with van der Waals surface area (Å²) in [6, 6.07) is 13.5. The zero-order valence-corrected chi connectivity index (χ0v) is 16.0. The average Bonchev–Trinajstić information content (AvgIpc) is 3.04. The van der Waals surface area contributed by atoms with Gasteiger partial charge in [-0.1, -0.05) is 36.4 Å². The van der Waals surface area contributed by atoms with Crippen LogP contribution in [0, 0.1) is 0 Å². The Bertz CT molecular complexity index is 771. The molecule has 3 rings (SSSR count). The summed E-state index contributed by atoms with van der Waals surface area (Å²) < 4.78 is 0. The Labute approximate surface area is 163 Å². The lowest BCUT2D eigenvalue weighted by Gasteiger charge is -2.22. The molecule has 0 atom stereocenters. The van der Waals surface area contributed by atoms with E-state index in [0.29, 0.717) is 0 Å². The monoisotopic (exact) mass is 356 g/mol. The Kier molecular flexibility index (Phi) is 5.97. The average molecular weight is 357 g/mol. The molecule has 2 nitrogen and oxygen atoms in total. The van der Waals surface area contributed by atoms with Crippen molar-refractivity contribution >= 4 is 11.4 Å². The van der Waals surface area contributed by atoms with Crippen molar-refractivity contribution in [3.8, 4) is 11.1 Å². The fraction of sp³-hybridized carbons (Fsp3) is 0.200. The Balaban J connectivity index is 1.90. The molecule has 2 aromatic rings. The smallest absolute Gasteiger partial charge is 0.0375 e. The number of anilines is 2. The molecule has 0 radical (unpaired) electrons. The van der Waals surface area contributed by atoms with E-state index >= 15 is 0 Å². The lowest BCUT2D eigenvalue weighted by molar-refractivity contribution is 0.953. The number of hydrogen-bond donors (Lipinski definition) is 0. The first-order valence-corrected chi connectivity index (χ1v) is 9.41. The third-order valence-corrected chi connectivity index (χ3v) is 4.98. The van der Waals surface area contributed by atoms with Gasteiger partial charge in [-0.3, -0.25) is 0 Å². The molecule has 0 heterocycles. The first-order chi connectivity index (χ1) is 13.2. The molecule has 0 fully saturated rings. The second kappa shape index (κ2) is 8.59. The van der Waals surface area contributed by atoms with Gasteiger partial charge in [-0.15, -0.1) is 26.3 Å². The van der Waals surface area contributed by atoms with Gasteiger partial charge < -0.3 is 9.80 Å². The largest absolute Gasteiger partial charge is 0.364 e. The van der Waals surface area contributed by atoms with Crippen molar-refractivity contribution in [3.63, 3.8) is 0 Å². The molecule has 2 heteroatoms. The zero-order chi connectivity index (χ0) is 19.2. The van der Waals surface area contributed by atoms with Crippen LogP contribution in [0.1, 0.15) is 11.1 Å². The minimum absolute atomic E-state index is 0.819. The Hall–Kier alpha value is -3.00. The van der Waals surface area contributed by atoms with Crippen molar-refractivity contribution in [2.75, 3.05) is 36.0 Å². The third kappa shape index (κ3) is 3.90. The molecular formula is C25H28N2. The summed E-state index contributed by atoms with van der Waals surface area (Å²) in [5.74, 6) is 0. The highest BCUT2D eigenvalue weighted by molar-refractivity contribution is 5.80. The number of fused-ring (bicyclic) bond motifs is 3. The third-order valence-electron chi connectivity index (χ3n) is 4.98. The quantitative estimate of drug-likeness (QED) is 0.435. The maximum atomic E-state index is 3.87. The van der Waals surface area contributed by atoms with E-state index in [-0.39, 0.29) is 0 Å². The maximum absolute atomic E-state index is 3.87. The van der Waals surface area contributed by atoms with Gasteiger partial charge in [0.05, 0.1) is 0 Å². The lowest BCUT2D eigenvalue weighted by Crippen LogP contribution is -2.23. The lowest BCUT2D eigenvalue weighted by atomic mass is 10.0. The van der Waals surface area contributed by atoms with Gasteiger partial charge in [0.25, 0.3) is 0 Å². The molecule has 138 valence electrons. The minimum atomic E-state index is 0.819. The van der Waals surface area contributed by atoms with Gasteiger partial charge in [-0.05, 0) is 52.9 Å². The van der Waals surface area contributed by atoms with E-state index in [2.05, 4.69) is 72.5 Å². The van der Waals surface area contributed by atoms with Crippen LogP contribution < -0.4 is 9.80 Å². The summed E-state index contributed by atoms with van der Waals surface area (Å²) in [6.45, 7) is 18.8. The highest BCUT2D eigenvalue weighted by atomic mass is 15.1. The molecule has 0 N–H and O–H groups in total. The summed E-state index contributed by atoms with van der Waals surface area (Å²) in [4.78, 5) is 4.56. The highest BCUT2D eigenvalue weighted by Crippen LogP contribution is 2.40. The van der Waals surface area contributed by atoms with Gasteiger partial charge in [-0.2, -0.15) is 0 Å². The molecule has 0 aliphatic heterocycles. The summed E-state index contributed by atoms with van der Waals surface area (Å²) in [5.41, 5.74) is 7.91. The van der Waals surface area contributed by atoms with Gasteiger partial charge >= 0.3 is 0 Å². The summed E-state index contributed by atoms with van der Waals surface area (Å²) in [6.07, 6.45) is 8.71. The van der Waals surface area contributed by atoms with Crippen LogP contribution in [0.25, 0.3) is 11.1 Å². The van der Waals surface area contributed by atoms with Crippen molar-refractivity contribution in [2.45, 2.75) is 6.42 Å². The van der Waals surface area contributed by atoms with Crippen LogP contribution in [-0.2, 0) is 6.42 Å². The number of rotatable bonds is 10. The van der Waals surface area contributed by atoms with Gasteiger partial charge in [0.2, 0.25) is 0 Å². The first kappa shape index (κ1) is 18.8. The van der Waals surface area contributed by atoms with Crippen LogP contribution >= 0.6 is 0 Å². The van der Waals surface area contributed by atoms with E-state index in [9.17, 15) is 0 Å². The van der Waals surface area contributed by atoms with Crippen molar-refractivity contribution < 1.29 is 0 Å². The molecular weight excluding hydrogens is 328 g/mol. The number of hydrogen-bond acceptors (Lipinski definition) is 2. The Morgan fingerprint density at radius 1 is 0.630 bits per heavy atom. The summed E-state index contributed by atoms with van der Waals surface area (Å²) >= 11 is 0. The molecule has 0 saturated carbocycles. The van der Waals surface area contributed by atoms with Crippen LogP contribution in [0.15, 0.2) is 87.0 Å². The second-order valence-electron chi connectivity index (χ2n) is 6.82. The molecule has 0 bridgehead atoms. The second-order valence-corrected chi connectivity index (χ2v) is 6.82. The van der Waals surface area contributed by atoms with Crippen LogP contribution in [0.4, 0.5) is 11.4 Å². The zero-order valence-electron chi connectivity index (χ0n) is 16.0. The van der Waals surface area contributed by atoms with E-state index in [1.807, 2.05) is 24.3 Å². The van der Waals surface area contributed by atoms with Crippen LogP contribution in [-0.4, -0.2) is 26.2 Å². The highest BCUT2D eigenvalue weighted by Gasteiger charge is 2.20. The van der Waals surface area contributed by atoms with E-state index < -0.39 is 0 Å². The van der Waals surface area contributed by atoms with E-state index in [4.69, 9.17) is 0 Å². The molecule has 27 heavy (non-hydrogen) atoms. The Morgan fingerprint density at radius 3 is 1.33 bits per heavy atom. The molecule has 0 saturated heterocycles. The first-order valence-electron chi connectivity index (χ1n) is 9.41. The Morgan fingerprint density at radius 2 is 1.00 bits per heavy atom. The molecule has 2 aromatic carbocycles. The van der Waals surface area contributed by atoms with E-state index in [0.717, 1.165) is 32.6 Å². The summed E-state index contributed by atoms with van der Waals surface area (Å²) in [5, 5.41) is 0. The number of nitrogens with zero attached hydrogens (tertiary/aromatic N) is 2. The fourth-order valence-electron chi connectivity index (χ4n) is 3.77. The predicted octanol–water partition coefficient (Wildman–Crippen LogP) is 5.61. The van der Waals surface area contributed by atoms with Crippen molar-refractivity contribution in [1.82, 2.24) is 0 Å². The molecule has 0 spiro atoms. The molecule has 0 unspecified atom stereocenters. The maximum Gasteiger partial charge on any atom is 0.0375 e. The van der Waals surface area contributed by atoms with Gasteiger partial charge in [-0.25, -0.2) is 0 Å². The topological polar surface area (TPSA) is 6.48 Å². The normalized spacial score (nSPS) is 11.3. The van der Waals surface area contributed by atoms with Gasteiger partial charge in [0, 0.05) is 37.6 Å². The minimum Gasteiger partial charge on any atom is -0.364 e. The van der Waals surface area contributed by atoms with E-state index in [1.54, 1.807) is 0 Å². The molecule has 0 amide bonds. The standard InChI is InChI=1S/C25H28N2/c1-5-13-26(14-6-2)22-9-11-24-20(18-22)17-21-19-23(10-12-25(21)24)27(15-7-3)16-8-4/h5-12,18-19H,1-4,13-17H2. The van der Waals surface area contributed by atoms with Crippen molar-refractivity contribution in [2.24, 2.45) is 0 Å². The van der Waals surface area contributed by atoms with Gasteiger partial charge in [0.1, 0.15) is 0 Å². The fourth-order valence-corrected chi connectivity index (χ4v) is 3.77. The molecule has 1 aliphatic rings. The molecule has 0 aromatic heterocycles. The molecule has 1 aliphatic carbocycles. The van der Waals surface area contributed by atoms with Crippen molar-refractivity contribution in [3.05, 3.63) is 98.1 Å². The van der Waals surface area contributed by atoms with Crippen LogP contribution in [0.2, 0.25) is 0 Å². The summed E-state index contributed by atoms with van der Waals surface area (Å²) in [7, 11) is 0.